The van der Waals surface area contributed by atoms with Crippen molar-refractivity contribution in [1.82, 2.24) is 9.97 Å². The Morgan fingerprint density at radius 2 is 2.25 bits per heavy atom. The van der Waals surface area contributed by atoms with Crippen LogP contribution in [0.5, 0.6) is 0 Å². The summed E-state index contributed by atoms with van der Waals surface area (Å²) in [7, 11) is 1.44. The van der Waals surface area contributed by atoms with E-state index in [2.05, 4.69) is 9.97 Å². The zero-order valence-corrected chi connectivity index (χ0v) is 12.4. The van der Waals surface area contributed by atoms with Crippen molar-refractivity contribution in [3.8, 4) is 0 Å². The number of hydrogen-bond donors (Lipinski definition) is 1. The number of anilines is 1. The van der Waals surface area contributed by atoms with Crippen molar-refractivity contribution >= 4 is 23.5 Å². The predicted octanol–water partition coefficient (Wildman–Crippen LogP) is 2.37. The van der Waals surface area contributed by atoms with E-state index in [0.717, 1.165) is 29.4 Å². The fourth-order valence-electron chi connectivity index (χ4n) is 2.21. The Kier molecular flexibility index (Phi) is 3.58. The van der Waals surface area contributed by atoms with Gasteiger partial charge in [0.25, 0.3) is 0 Å². The van der Waals surface area contributed by atoms with Gasteiger partial charge in [0, 0.05) is 17.7 Å². The zero-order chi connectivity index (χ0) is 14.2. The summed E-state index contributed by atoms with van der Waals surface area (Å²) >= 11 is 1.68. The Balaban J connectivity index is 1.62. The maximum absolute atomic E-state index is 11.4. The van der Waals surface area contributed by atoms with Crippen LogP contribution in [0.2, 0.25) is 0 Å². The second-order valence-electron chi connectivity index (χ2n) is 5.81. The standard InChI is InChI=1S/C14H19N3O2S/c1-19-12(18)7-14(4-5-14)8-20-11-6-10(15)16-13(17-11)9-2-3-9/h6,9H,2-5,7-8H2,1H3,(H2,15,16,17). The lowest BCUT2D eigenvalue weighted by molar-refractivity contribution is -0.141. The largest absolute Gasteiger partial charge is 0.469 e. The van der Waals surface area contributed by atoms with Crippen molar-refractivity contribution < 1.29 is 9.53 Å². The van der Waals surface area contributed by atoms with Crippen molar-refractivity contribution in [2.45, 2.75) is 43.0 Å². The van der Waals surface area contributed by atoms with Crippen LogP contribution in [0.4, 0.5) is 5.82 Å². The first-order valence-corrected chi connectivity index (χ1v) is 7.93. The summed E-state index contributed by atoms with van der Waals surface area (Å²) in [6, 6.07) is 1.82. The molecule has 108 valence electrons. The number of nitrogens with two attached hydrogens (primary N) is 1. The number of ether oxygens (including phenoxy) is 1. The molecule has 3 rings (SSSR count). The number of aromatic nitrogens is 2. The van der Waals surface area contributed by atoms with Crippen molar-refractivity contribution in [3.05, 3.63) is 11.9 Å². The summed E-state index contributed by atoms with van der Waals surface area (Å²) in [6.45, 7) is 0. The molecule has 0 unspecified atom stereocenters. The second kappa shape index (κ2) is 5.24. The van der Waals surface area contributed by atoms with E-state index < -0.39 is 0 Å². The highest BCUT2D eigenvalue weighted by Crippen LogP contribution is 2.52. The van der Waals surface area contributed by atoms with Crippen LogP contribution in [-0.4, -0.2) is 28.8 Å². The molecule has 2 aliphatic rings. The van der Waals surface area contributed by atoms with Crippen molar-refractivity contribution in [1.29, 1.82) is 0 Å². The van der Waals surface area contributed by atoms with Crippen LogP contribution in [-0.2, 0) is 9.53 Å². The number of esters is 1. The molecule has 1 heterocycles. The fraction of sp³-hybridized carbons (Fsp3) is 0.643. The number of hydrogen-bond acceptors (Lipinski definition) is 6. The lowest BCUT2D eigenvalue weighted by Gasteiger charge is -2.13. The van der Waals surface area contributed by atoms with E-state index in [0.29, 0.717) is 18.2 Å². The molecular formula is C14H19N3O2S. The molecule has 6 heteroatoms. The fourth-order valence-corrected chi connectivity index (χ4v) is 3.42. The monoisotopic (exact) mass is 293 g/mol. The number of carbonyl (C=O) groups excluding carboxylic acids is 1. The van der Waals surface area contributed by atoms with Crippen LogP contribution in [0, 0.1) is 5.41 Å². The highest BCUT2D eigenvalue weighted by Gasteiger charge is 2.44. The average molecular weight is 293 g/mol. The SMILES string of the molecule is COC(=O)CC1(CSc2cc(N)nc(C3CC3)n2)CC1. The summed E-state index contributed by atoms with van der Waals surface area (Å²) in [4.78, 5) is 20.3. The topological polar surface area (TPSA) is 78.1 Å². The Labute approximate surface area is 122 Å². The van der Waals surface area contributed by atoms with E-state index in [9.17, 15) is 4.79 Å². The third kappa shape index (κ3) is 3.23. The maximum atomic E-state index is 11.4. The van der Waals surface area contributed by atoms with Gasteiger partial charge in [-0.25, -0.2) is 9.97 Å². The number of nitrogen functional groups attached to an aromatic ring is 1. The van der Waals surface area contributed by atoms with Gasteiger partial charge in [-0.15, -0.1) is 11.8 Å². The number of carbonyl (C=O) groups is 1. The normalized spacial score (nSPS) is 19.6. The lowest BCUT2D eigenvalue weighted by Crippen LogP contribution is -2.13. The summed E-state index contributed by atoms with van der Waals surface area (Å²) in [5.41, 5.74) is 5.95. The maximum Gasteiger partial charge on any atom is 0.306 e. The van der Waals surface area contributed by atoms with Gasteiger partial charge >= 0.3 is 5.97 Å². The molecule has 2 fully saturated rings. The molecule has 0 spiro atoms. The lowest BCUT2D eigenvalue weighted by atomic mass is 10.1. The van der Waals surface area contributed by atoms with Gasteiger partial charge in [0.2, 0.25) is 0 Å². The van der Waals surface area contributed by atoms with Crippen molar-refractivity contribution in [3.63, 3.8) is 0 Å². The van der Waals surface area contributed by atoms with Gasteiger partial charge in [-0.1, -0.05) is 0 Å². The van der Waals surface area contributed by atoms with Crippen LogP contribution >= 0.6 is 11.8 Å². The van der Waals surface area contributed by atoms with Crippen LogP contribution in [0.15, 0.2) is 11.1 Å². The molecular weight excluding hydrogens is 274 g/mol. The van der Waals surface area contributed by atoms with E-state index >= 15 is 0 Å². The first kappa shape index (κ1) is 13.7. The number of rotatable bonds is 6. The second-order valence-corrected chi connectivity index (χ2v) is 6.80. The Morgan fingerprint density at radius 1 is 1.50 bits per heavy atom. The molecule has 2 aliphatic carbocycles. The summed E-state index contributed by atoms with van der Waals surface area (Å²) in [5, 5.41) is 0.926. The quantitative estimate of drug-likeness (QED) is 0.493. The van der Waals surface area contributed by atoms with Crippen molar-refractivity contribution in [2.75, 3.05) is 18.6 Å². The van der Waals surface area contributed by atoms with Crippen LogP contribution in [0.1, 0.15) is 43.8 Å². The third-order valence-corrected chi connectivity index (χ3v) is 5.17. The van der Waals surface area contributed by atoms with Gasteiger partial charge in [-0.3, -0.25) is 4.79 Å². The minimum atomic E-state index is -0.121. The van der Waals surface area contributed by atoms with Gasteiger partial charge in [0.15, 0.2) is 0 Å². The summed E-state index contributed by atoms with van der Waals surface area (Å²) in [6.07, 6.45) is 5.02. The first-order valence-electron chi connectivity index (χ1n) is 6.94. The molecule has 1 aromatic heterocycles. The van der Waals surface area contributed by atoms with Gasteiger partial charge in [-0.05, 0) is 31.1 Å². The van der Waals surface area contributed by atoms with Crippen molar-refractivity contribution in [2.24, 2.45) is 5.41 Å². The number of thioether (sulfide) groups is 1. The number of methoxy groups -OCH3 is 1. The van der Waals surface area contributed by atoms with E-state index in [4.69, 9.17) is 10.5 Å². The molecule has 20 heavy (non-hydrogen) atoms. The highest BCUT2D eigenvalue weighted by atomic mass is 32.2. The number of nitrogens with zero attached hydrogens (tertiary/aromatic N) is 2. The first-order chi connectivity index (χ1) is 9.60. The minimum Gasteiger partial charge on any atom is -0.469 e. The predicted molar refractivity (Wildman–Crippen MR) is 77.4 cm³/mol. The van der Waals surface area contributed by atoms with E-state index in [1.165, 1.54) is 20.0 Å². The highest BCUT2D eigenvalue weighted by molar-refractivity contribution is 7.99. The summed E-state index contributed by atoms with van der Waals surface area (Å²) < 4.78 is 4.76. The Bertz CT molecular complexity index is 527. The van der Waals surface area contributed by atoms with Crippen LogP contribution in [0.25, 0.3) is 0 Å². The molecule has 0 radical (unpaired) electrons. The third-order valence-electron chi connectivity index (χ3n) is 3.91. The Hall–Kier alpha value is -1.30. The molecule has 1 aromatic rings. The molecule has 0 saturated heterocycles. The average Bonchev–Trinajstić information content (AvgIpc) is 3.31. The molecule has 0 amide bonds. The van der Waals surface area contributed by atoms with E-state index in [1.54, 1.807) is 11.8 Å². The molecule has 0 atom stereocenters. The molecule has 0 aromatic carbocycles. The minimum absolute atomic E-state index is 0.108. The molecule has 2 N–H and O–H groups in total. The molecule has 0 bridgehead atoms. The summed E-state index contributed by atoms with van der Waals surface area (Å²) in [5.74, 6) is 2.70. The Morgan fingerprint density at radius 3 is 2.85 bits per heavy atom. The van der Waals surface area contributed by atoms with Gasteiger partial charge in [0.1, 0.15) is 16.7 Å². The van der Waals surface area contributed by atoms with Gasteiger partial charge in [-0.2, -0.15) is 0 Å². The zero-order valence-electron chi connectivity index (χ0n) is 11.6. The van der Waals surface area contributed by atoms with Crippen LogP contribution < -0.4 is 5.73 Å². The smallest absolute Gasteiger partial charge is 0.306 e. The molecule has 0 aliphatic heterocycles. The molecule has 5 nitrogen and oxygen atoms in total. The van der Waals surface area contributed by atoms with Crippen LogP contribution in [0.3, 0.4) is 0 Å². The van der Waals surface area contributed by atoms with Gasteiger partial charge in [0.05, 0.1) is 13.5 Å². The van der Waals surface area contributed by atoms with Gasteiger partial charge < -0.3 is 10.5 Å². The van der Waals surface area contributed by atoms with E-state index in [1.807, 2.05) is 6.07 Å². The van der Waals surface area contributed by atoms with E-state index in [-0.39, 0.29) is 11.4 Å². The molecule has 2 saturated carbocycles.